The van der Waals surface area contributed by atoms with Gasteiger partial charge in [0.25, 0.3) is 5.91 Å². The molecule has 1 aliphatic heterocycles. The molecule has 6 nitrogen and oxygen atoms in total. The highest BCUT2D eigenvalue weighted by molar-refractivity contribution is 5.92. The van der Waals surface area contributed by atoms with E-state index in [4.69, 9.17) is 0 Å². The van der Waals surface area contributed by atoms with E-state index in [9.17, 15) is 4.79 Å². The highest BCUT2D eigenvalue weighted by atomic mass is 35.5. The van der Waals surface area contributed by atoms with Gasteiger partial charge in [-0.25, -0.2) is 0 Å². The fraction of sp³-hybridized carbons (Fsp3) is 0.714. The SMILES string of the molecule is CN(C)CCCNC(=O)c1ccn(C2CCCNC2)n1.Cl.Cl. The zero-order valence-corrected chi connectivity index (χ0v) is 14.9. The summed E-state index contributed by atoms with van der Waals surface area (Å²) in [6.07, 6.45) is 5.15. The minimum Gasteiger partial charge on any atom is -0.351 e. The third-order valence-electron chi connectivity index (χ3n) is 3.55. The molecule has 1 fully saturated rings. The number of rotatable bonds is 6. The first-order valence-corrected chi connectivity index (χ1v) is 7.35. The maximum Gasteiger partial charge on any atom is 0.271 e. The van der Waals surface area contributed by atoms with Gasteiger partial charge in [-0.05, 0) is 52.5 Å². The summed E-state index contributed by atoms with van der Waals surface area (Å²) in [5.74, 6) is -0.0775. The maximum atomic E-state index is 12.0. The molecule has 0 bridgehead atoms. The van der Waals surface area contributed by atoms with Crippen molar-refractivity contribution >= 4 is 30.7 Å². The van der Waals surface area contributed by atoms with E-state index in [1.54, 1.807) is 6.07 Å². The van der Waals surface area contributed by atoms with Gasteiger partial charge in [0.1, 0.15) is 5.69 Å². The fourth-order valence-corrected chi connectivity index (χ4v) is 2.41. The Morgan fingerprint density at radius 3 is 2.91 bits per heavy atom. The smallest absolute Gasteiger partial charge is 0.271 e. The van der Waals surface area contributed by atoms with Gasteiger partial charge in [-0.1, -0.05) is 0 Å². The Morgan fingerprint density at radius 1 is 1.50 bits per heavy atom. The summed E-state index contributed by atoms with van der Waals surface area (Å²) in [4.78, 5) is 14.1. The highest BCUT2D eigenvalue weighted by Crippen LogP contribution is 2.15. The van der Waals surface area contributed by atoms with E-state index in [1.807, 2.05) is 25.0 Å². The lowest BCUT2D eigenvalue weighted by molar-refractivity contribution is 0.0946. The van der Waals surface area contributed by atoms with Gasteiger partial charge in [0.15, 0.2) is 0 Å². The molecule has 2 rings (SSSR count). The van der Waals surface area contributed by atoms with Crippen molar-refractivity contribution in [3.63, 3.8) is 0 Å². The fourth-order valence-electron chi connectivity index (χ4n) is 2.41. The van der Waals surface area contributed by atoms with Crippen LogP contribution in [-0.4, -0.2) is 60.9 Å². The average Bonchev–Trinajstić information content (AvgIpc) is 2.94. The summed E-state index contributed by atoms with van der Waals surface area (Å²) in [6, 6.07) is 2.18. The molecule has 1 aromatic heterocycles. The Balaban J connectivity index is 0.00000220. The summed E-state index contributed by atoms with van der Waals surface area (Å²) in [5, 5.41) is 10.7. The van der Waals surface area contributed by atoms with Crippen molar-refractivity contribution in [2.45, 2.75) is 25.3 Å². The second-order valence-electron chi connectivity index (χ2n) is 5.59. The molecule has 8 heteroatoms. The van der Waals surface area contributed by atoms with Crippen molar-refractivity contribution in [1.82, 2.24) is 25.3 Å². The normalized spacial score (nSPS) is 17.5. The molecule has 0 aromatic carbocycles. The van der Waals surface area contributed by atoms with Crippen LogP contribution in [0.1, 0.15) is 35.8 Å². The van der Waals surface area contributed by atoms with E-state index in [0.29, 0.717) is 18.3 Å². The number of aromatic nitrogens is 2. The largest absolute Gasteiger partial charge is 0.351 e. The summed E-state index contributed by atoms with van der Waals surface area (Å²) >= 11 is 0. The first-order chi connectivity index (χ1) is 9.66. The molecule has 1 unspecified atom stereocenters. The van der Waals surface area contributed by atoms with Crippen LogP contribution in [0.15, 0.2) is 12.3 Å². The van der Waals surface area contributed by atoms with Gasteiger partial charge in [0, 0.05) is 19.3 Å². The molecule has 1 amide bonds. The quantitative estimate of drug-likeness (QED) is 0.759. The zero-order valence-electron chi connectivity index (χ0n) is 13.2. The van der Waals surface area contributed by atoms with Crippen molar-refractivity contribution < 1.29 is 4.79 Å². The van der Waals surface area contributed by atoms with E-state index < -0.39 is 0 Å². The third kappa shape index (κ3) is 6.52. The second kappa shape index (κ2) is 10.8. The van der Waals surface area contributed by atoms with E-state index in [1.165, 1.54) is 0 Å². The van der Waals surface area contributed by atoms with Crippen molar-refractivity contribution in [1.29, 1.82) is 0 Å². The standard InChI is InChI=1S/C14H25N5O.2ClH/c1-18(2)9-4-8-16-14(20)13-6-10-19(17-13)12-5-3-7-15-11-12;;/h6,10,12,15H,3-5,7-9,11H2,1-2H3,(H,16,20);2*1H. The number of halogens is 2. The monoisotopic (exact) mass is 351 g/mol. The van der Waals surface area contributed by atoms with Crippen molar-refractivity contribution in [3.8, 4) is 0 Å². The summed E-state index contributed by atoms with van der Waals surface area (Å²) in [5.41, 5.74) is 0.514. The van der Waals surface area contributed by atoms with Crippen LogP contribution in [0.25, 0.3) is 0 Å². The van der Waals surface area contributed by atoms with Crippen LogP contribution in [0.5, 0.6) is 0 Å². The van der Waals surface area contributed by atoms with Gasteiger partial charge in [-0.15, -0.1) is 24.8 Å². The number of piperidine rings is 1. The summed E-state index contributed by atoms with van der Waals surface area (Å²) in [6.45, 7) is 3.68. The van der Waals surface area contributed by atoms with E-state index in [0.717, 1.165) is 38.9 Å². The topological polar surface area (TPSA) is 62.2 Å². The lowest BCUT2D eigenvalue weighted by atomic mass is 10.1. The molecule has 128 valence electrons. The van der Waals surface area contributed by atoms with Crippen molar-refractivity contribution in [2.75, 3.05) is 40.3 Å². The Labute approximate surface area is 144 Å². The van der Waals surface area contributed by atoms with Crippen LogP contribution in [0.4, 0.5) is 0 Å². The number of carbonyl (C=O) groups is 1. The molecule has 0 aliphatic carbocycles. The Hall–Kier alpha value is -0.820. The van der Waals surface area contributed by atoms with E-state index >= 15 is 0 Å². The lowest BCUT2D eigenvalue weighted by Crippen LogP contribution is -2.32. The van der Waals surface area contributed by atoms with Crippen molar-refractivity contribution in [3.05, 3.63) is 18.0 Å². The minimum atomic E-state index is -0.0775. The zero-order chi connectivity index (χ0) is 14.4. The molecule has 0 spiro atoms. The molecule has 1 saturated heterocycles. The molecule has 2 heterocycles. The molecular weight excluding hydrogens is 325 g/mol. The first kappa shape index (κ1) is 21.2. The van der Waals surface area contributed by atoms with E-state index in [-0.39, 0.29) is 30.7 Å². The van der Waals surface area contributed by atoms with Gasteiger partial charge in [0.2, 0.25) is 0 Å². The predicted molar refractivity (Wildman–Crippen MR) is 93.4 cm³/mol. The molecular formula is C14H27Cl2N5O. The summed E-state index contributed by atoms with van der Waals surface area (Å²) < 4.78 is 1.92. The minimum absolute atomic E-state index is 0. The van der Waals surface area contributed by atoms with E-state index in [2.05, 4.69) is 20.6 Å². The van der Waals surface area contributed by atoms with Crippen LogP contribution in [0, 0.1) is 0 Å². The third-order valence-corrected chi connectivity index (χ3v) is 3.55. The lowest BCUT2D eigenvalue weighted by Gasteiger charge is -2.22. The molecule has 22 heavy (non-hydrogen) atoms. The first-order valence-electron chi connectivity index (χ1n) is 7.35. The molecule has 0 radical (unpaired) electrons. The Bertz CT molecular complexity index is 433. The van der Waals surface area contributed by atoms with Gasteiger partial charge in [-0.3, -0.25) is 9.48 Å². The van der Waals surface area contributed by atoms with Gasteiger partial charge in [-0.2, -0.15) is 5.10 Å². The molecule has 1 aliphatic rings. The average molecular weight is 352 g/mol. The van der Waals surface area contributed by atoms with Crippen molar-refractivity contribution in [2.24, 2.45) is 0 Å². The molecule has 1 atom stereocenters. The number of amides is 1. The van der Waals surface area contributed by atoms with Crippen LogP contribution >= 0.6 is 24.8 Å². The number of hydrogen-bond acceptors (Lipinski definition) is 4. The molecule has 1 aromatic rings. The second-order valence-corrected chi connectivity index (χ2v) is 5.59. The van der Waals surface area contributed by atoms with Crippen LogP contribution < -0.4 is 10.6 Å². The maximum absolute atomic E-state index is 12.0. The van der Waals surface area contributed by atoms with Gasteiger partial charge >= 0.3 is 0 Å². The number of hydrogen-bond donors (Lipinski definition) is 2. The summed E-state index contributed by atoms with van der Waals surface area (Å²) in [7, 11) is 4.06. The van der Waals surface area contributed by atoms with Gasteiger partial charge < -0.3 is 15.5 Å². The van der Waals surface area contributed by atoms with Crippen LogP contribution in [0.2, 0.25) is 0 Å². The number of nitrogens with one attached hydrogen (secondary N) is 2. The Kier molecular flexibility index (Phi) is 10.4. The van der Waals surface area contributed by atoms with Crippen LogP contribution in [0.3, 0.4) is 0 Å². The Morgan fingerprint density at radius 2 is 2.27 bits per heavy atom. The number of carbonyl (C=O) groups excluding carboxylic acids is 1. The van der Waals surface area contributed by atoms with Gasteiger partial charge in [0.05, 0.1) is 6.04 Å². The van der Waals surface area contributed by atoms with Crippen LogP contribution in [-0.2, 0) is 0 Å². The number of nitrogens with zero attached hydrogens (tertiary/aromatic N) is 3. The molecule has 0 saturated carbocycles. The predicted octanol–water partition coefficient (Wildman–Crippen LogP) is 1.33. The molecule has 2 N–H and O–H groups in total. The highest BCUT2D eigenvalue weighted by Gasteiger charge is 2.17.